The van der Waals surface area contributed by atoms with Gasteiger partial charge in [-0.25, -0.2) is 0 Å². The van der Waals surface area contributed by atoms with Crippen LogP contribution >= 0.6 is 11.6 Å². The first-order valence-electron chi connectivity index (χ1n) is 2.94. The zero-order chi connectivity index (χ0) is 6.91. The molecule has 1 aliphatic rings. The van der Waals surface area contributed by atoms with E-state index in [1.807, 2.05) is 6.92 Å². The van der Waals surface area contributed by atoms with Gasteiger partial charge in [-0.1, -0.05) is 0 Å². The molecule has 0 spiro atoms. The van der Waals surface area contributed by atoms with Gasteiger partial charge in [0.2, 0.25) is 0 Å². The van der Waals surface area contributed by atoms with Crippen LogP contribution in [0.25, 0.3) is 0 Å². The van der Waals surface area contributed by atoms with E-state index in [0.29, 0.717) is 0 Å². The molecule has 9 heavy (non-hydrogen) atoms. The van der Waals surface area contributed by atoms with E-state index in [0.717, 1.165) is 6.42 Å². The minimum absolute atomic E-state index is 0.0868. The maximum absolute atomic E-state index is 6.06. The summed E-state index contributed by atoms with van der Waals surface area (Å²) in [4.78, 5) is 0. The summed E-state index contributed by atoms with van der Waals surface area (Å²) in [6, 6.07) is 0. The Morgan fingerprint density at radius 1 is 1.78 bits per heavy atom. The molecule has 1 unspecified atom stereocenters. The topological polar surface area (TPSA) is 0 Å². The summed E-state index contributed by atoms with van der Waals surface area (Å²) in [7, 11) is 0. The maximum atomic E-state index is 6.06. The average molecular weight is 173 g/mol. The zero-order valence-corrected chi connectivity index (χ0v) is 7.95. The van der Waals surface area contributed by atoms with Crippen molar-refractivity contribution in [1.82, 2.24) is 0 Å². The number of rotatable bonds is 1. The van der Waals surface area contributed by atoms with Crippen molar-refractivity contribution >= 4 is 11.6 Å². The van der Waals surface area contributed by atoms with Gasteiger partial charge in [-0.2, -0.15) is 0 Å². The summed E-state index contributed by atoms with van der Waals surface area (Å²) in [6.45, 7) is 2.05. The summed E-state index contributed by atoms with van der Waals surface area (Å²) in [5.74, 6) is 0. The van der Waals surface area contributed by atoms with Crippen LogP contribution in [0, 0.1) is 0 Å². The minimum atomic E-state index is -0.0868. The Balaban J connectivity index is 2.66. The fraction of sp³-hybridized carbons (Fsp3) is 0.429. The molecule has 0 aromatic heterocycles. The van der Waals surface area contributed by atoms with E-state index < -0.39 is 0 Å². The van der Waals surface area contributed by atoms with Crippen molar-refractivity contribution in [3.05, 3.63) is 23.8 Å². The molecule has 1 aliphatic carbocycles. The first-order valence-corrected chi connectivity index (χ1v) is 4.22. The molecule has 0 aliphatic heterocycles. The van der Waals surface area contributed by atoms with E-state index in [9.17, 15) is 0 Å². The third-order valence-electron chi connectivity index (χ3n) is 1.40. The van der Waals surface area contributed by atoms with Gasteiger partial charge in [0, 0.05) is 0 Å². The number of halogens is 1. The van der Waals surface area contributed by atoms with E-state index in [-0.39, 0.29) is 2.63 Å². The normalized spacial score (nSPS) is 23.4. The molecule has 0 saturated heterocycles. The molecule has 0 amide bonds. The summed E-state index contributed by atoms with van der Waals surface area (Å²) >= 11 is 7.63. The van der Waals surface area contributed by atoms with E-state index in [1.165, 1.54) is 5.57 Å². The van der Waals surface area contributed by atoms with E-state index in [4.69, 9.17) is 11.6 Å². The molecular weight excluding hydrogens is 164 g/mol. The molecule has 0 N–H and O–H groups in total. The van der Waals surface area contributed by atoms with Gasteiger partial charge in [0.25, 0.3) is 0 Å². The molecule has 0 fully saturated rings. The van der Waals surface area contributed by atoms with Crippen LogP contribution in [-0.4, -0.2) is 2.63 Å². The zero-order valence-electron chi connectivity index (χ0n) is 5.39. The summed E-state index contributed by atoms with van der Waals surface area (Å²) < 4.78 is -0.0868. The molecule has 0 heterocycles. The van der Waals surface area contributed by atoms with Crippen LogP contribution in [0.1, 0.15) is 13.3 Å². The third kappa shape index (κ3) is 2.05. The molecule has 1 atom stereocenters. The molecule has 46 valence electrons. The Labute approximate surface area is 75.5 Å². The number of allylic oxidation sites excluding steroid dienone is 4. The van der Waals surface area contributed by atoms with Crippen molar-refractivity contribution in [1.29, 1.82) is 0 Å². The summed E-state index contributed by atoms with van der Waals surface area (Å²) in [6.07, 6.45) is 7.35. The van der Waals surface area contributed by atoms with Crippen LogP contribution < -0.4 is 0 Å². The van der Waals surface area contributed by atoms with Gasteiger partial charge in [0.15, 0.2) is 0 Å². The summed E-state index contributed by atoms with van der Waals surface area (Å²) in [5, 5.41) is 0. The van der Waals surface area contributed by atoms with Crippen LogP contribution in [-0.2, 0) is 24.4 Å². The second-order valence-electron chi connectivity index (χ2n) is 2.40. The van der Waals surface area contributed by atoms with Crippen LogP contribution in [0.3, 0.4) is 0 Å². The first-order chi connectivity index (χ1) is 4.11. The molecule has 1 rings (SSSR count). The number of alkyl halides is 1. The standard InChI is InChI=1S/C7H8Cl.Sc/c1-6(8)7-4-2-3-5-7;/h2-4H,5H2,1H3;. The van der Waals surface area contributed by atoms with E-state index in [1.54, 1.807) is 24.4 Å². The number of hydrogen-bond acceptors (Lipinski definition) is 0. The fourth-order valence-electron chi connectivity index (χ4n) is 0.810. The van der Waals surface area contributed by atoms with Crippen LogP contribution in [0.4, 0.5) is 0 Å². The van der Waals surface area contributed by atoms with Crippen molar-refractivity contribution in [2.45, 2.75) is 16.0 Å². The molecule has 0 aromatic carbocycles. The van der Waals surface area contributed by atoms with E-state index in [2.05, 4.69) is 18.2 Å². The van der Waals surface area contributed by atoms with Crippen molar-refractivity contribution in [3.63, 3.8) is 0 Å². The SMILES string of the molecule is C[C](Cl)([Sc])C1=CC=CC1. The van der Waals surface area contributed by atoms with Crippen molar-refractivity contribution in [2.24, 2.45) is 0 Å². The van der Waals surface area contributed by atoms with Gasteiger partial charge in [0.05, 0.1) is 0 Å². The van der Waals surface area contributed by atoms with Crippen LogP contribution in [0.5, 0.6) is 0 Å². The molecular formula is C7H8ClSc. The molecule has 0 radical (unpaired) electrons. The Morgan fingerprint density at radius 3 is 2.67 bits per heavy atom. The fourth-order valence-corrected chi connectivity index (χ4v) is 1.28. The molecule has 0 saturated carbocycles. The predicted molar refractivity (Wildman–Crippen MR) is 36.1 cm³/mol. The first kappa shape index (κ1) is 7.74. The van der Waals surface area contributed by atoms with Gasteiger partial charge in [-0.3, -0.25) is 0 Å². The van der Waals surface area contributed by atoms with Crippen molar-refractivity contribution in [2.75, 3.05) is 0 Å². The summed E-state index contributed by atoms with van der Waals surface area (Å²) in [5.41, 5.74) is 1.34. The predicted octanol–water partition coefficient (Wildman–Crippen LogP) is 2.37. The van der Waals surface area contributed by atoms with Gasteiger partial charge in [-0.05, 0) is 0 Å². The third-order valence-corrected chi connectivity index (χ3v) is 2.22. The van der Waals surface area contributed by atoms with Crippen LogP contribution in [0.2, 0.25) is 0 Å². The van der Waals surface area contributed by atoms with Crippen LogP contribution in [0.15, 0.2) is 23.8 Å². The molecule has 2 heteroatoms. The Morgan fingerprint density at radius 2 is 2.44 bits per heavy atom. The van der Waals surface area contributed by atoms with Crippen molar-refractivity contribution in [3.8, 4) is 0 Å². The number of hydrogen-bond donors (Lipinski definition) is 0. The quantitative estimate of drug-likeness (QED) is 0.533. The molecule has 0 bridgehead atoms. The monoisotopic (exact) mass is 172 g/mol. The second kappa shape index (κ2) is 2.71. The van der Waals surface area contributed by atoms with Gasteiger partial charge < -0.3 is 0 Å². The Bertz CT molecular complexity index is 162. The Hall–Kier alpha value is 0.640. The molecule has 0 nitrogen and oxygen atoms in total. The van der Waals surface area contributed by atoms with Gasteiger partial charge in [-0.15, -0.1) is 0 Å². The molecule has 0 aromatic rings. The second-order valence-corrected chi connectivity index (χ2v) is 5.56. The van der Waals surface area contributed by atoms with Gasteiger partial charge in [0.1, 0.15) is 0 Å². The average Bonchev–Trinajstić information content (AvgIpc) is 2.08. The van der Waals surface area contributed by atoms with Gasteiger partial charge >= 0.3 is 75.8 Å². The Kier molecular flexibility index (Phi) is 2.33. The van der Waals surface area contributed by atoms with E-state index >= 15 is 0 Å². The van der Waals surface area contributed by atoms with Crippen molar-refractivity contribution < 1.29 is 24.4 Å².